The number of carbonyl (C=O) groups excluding carboxylic acids is 1. The fourth-order valence-corrected chi connectivity index (χ4v) is 2.48. The zero-order chi connectivity index (χ0) is 20.0. The normalized spacial score (nSPS) is 11.1. The summed E-state index contributed by atoms with van der Waals surface area (Å²) in [6, 6.07) is 10.3. The first-order chi connectivity index (χ1) is 12.8. The van der Waals surface area contributed by atoms with Gasteiger partial charge in [0.15, 0.2) is 11.5 Å². The van der Waals surface area contributed by atoms with E-state index in [0.717, 1.165) is 0 Å². The molecule has 0 atom stereocenters. The molecule has 0 aliphatic heterocycles. The van der Waals surface area contributed by atoms with E-state index in [9.17, 15) is 14.4 Å². The number of amides is 1. The second kappa shape index (κ2) is 9.06. The molecule has 0 unspecified atom stereocenters. The number of rotatable bonds is 6. The Labute approximate surface area is 162 Å². The summed E-state index contributed by atoms with van der Waals surface area (Å²) in [6.07, 6.45) is 1.28. The van der Waals surface area contributed by atoms with Crippen molar-refractivity contribution in [1.82, 2.24) is 0 Å². The molecule has 0 aliphatic rings. The molecule has 2 rings (SSSR count). The Bertz CT molecular complexity index is 903. The quantitative estimate of drug-likeness (QED) is 0.568. The highest BCUT2D eigenvalue weighted by Crippen LogP contribution is 2.37. The summed E-state index contributed by atoms with van der Waals surface area (Å²) in [5, 5.41) is 12.2. The van der Waals surface area contributed by atoms with Crippen molar-refractivity contribution in [2.24, 2.45) is 0 Å². The van der Waals surface area contributed by atoms with Gasteiger partial charge in [-0.3, -0.25) is 4.79 Å². The van der Waals surface area contributed by atoms with E-state index in [-0.39, 0.29) is 11.7 Å². The summed E-state index contributed by atoms with van der Waals surface area (Å²) in [6.45, 7) is 3.72. The van der Waals surface area contributed by atoms with E-state index < -0.39 is 11.7 Å². The number of methoxy groups -OCH3 is 1. The molecule has 1 amide bonds. The number of carbonyl (C=O) groups is 1. The highest BCUT2D eigenvalue weighted by molar-refractivity contribution is 6.32. The van der Waals surface area contributed by atoms with Gasteiger partial charge in [-0.1, -0.05) is 11.6 Å². The Hall–Kier alpha value is -3.04. The molecular formula is C20H18ClFN2O3. The number of benzene rings is 2. The monoisotopic (exact) mass is 388 g/mol. The van der Waals surface area contributed by atoms with Crippen LogP contribution in [0.15, 0.2) is 42.0 Å². The molecule has 0 radical (unpaired) electrons. The number of anilines is 1. The first kappa shape index (κ1) is 20.3. The number of nitrogens with one attached hydrogen (secondary N) is 1. The summed E-state index contributed by atoms with van der Waals surface area (Å²) < 4.78 is 23.9. The zero-order valence-electron chi connectivity index (χ0n) is 15.0. The fraction of sp³-hybridized carbons (Fsp3) is 0.200. The number of hydrogen-bond donors (Lipinski definition) is 1. The molecule has 7 heteroatoms. The molecule has 0 saturated heterocycles. The maximum absolute atomic E-state index is 12.9. The molecular weight excluding hydrogens is 371 g/mol. The fourth-order valence-electron chi connectivity index (χ4n) is 2.22. The van der Waals surface area contributed by atoms with Gasteiger partial charge in [-0.2, -0.15) is 5.26 Å². The third-order valence-corrected chi connectivity index (χ3v) is 3.66. The number of halogens is 2. The molecule has 140 valence electrons. The molecule has 2 aromatic carbocycles. The number of ether oxygens (including phenoxy) is 2. The molecule has 0 fully saturated rings. The van der Waals surface area contributed by atoms with Gasteiger partial charge < -0.3 is 14.8 Å². The molecule has 0 aromatic heterocycles. The van der Waals surface area contributed by atoms with E-state index in [1.807, 2.05) is 19.9 Å². The Balaban J connectivity index is 2.31. The van der Waals surface area contributed by atoms with Crippen LogP contribution in [-0.4, -0.2) is 19.1 Å². The van der Waals surface area contributed by atoms with Crippen molar-refractivity contribution in [1.29, 1.82) is 5.26 Å². The summed E-state index contributed by atoms with van der Waals surface area (Å²) in [7, 11) is 1.47. The minimum atomic E-state index is -0.623. The van der Waals surface area contributed by atoms with Crippen LogP contribution in [0.5, 0.6) is 11.5 Å². The van der Waals surface area contributed by atoms with Gasteiger partial charge in [-0.15, -0.1) is 0 Å². The van der Waals surface area contributed by atoms with E-state index in [0.29, 0.717) is 27.8 Å². The SMILES string of the molecule is COc1cc(/C=C(\C#N)C(=O)Nc2ccc(F)cc2)cc(Cl)c1OC(C)C. The van der Waals surface area contributed by atoms with Crippen molar-refractivity contribution in [3.8, 4) is 17.6 Å². The molecule has 0 heterocycles. The van der Waals surface area contributed by atoms with Crippen LogP contribution in [0.2, 0.25) is 5.02 Å². The van der Waals surface area contributed by atoms with E-state index in [1.54, 1.807) is 12.1 Å². The predicted molar refractivity (Wildman–Crippen MR) is 102 cm³/mol. The maximum atomic E-state index is 12.9. The number of nitrogens with zero attached hydrogens (tertiary/aromatic N) is 1. The second-order valence-electron chi connectivity index (χ2n) is 5.83. The Morgan fingerprint density at radius 3 is 2.52 bits per heavy atom. The van der Waals surface area contributed by atoms with Crippen LogP contribution < -0.4 is 14.8 Å². The Morgan fingerprint density at radius 1 is 1.30 bits per heavy atom. The molecule has 27 heavy (non-hydrogen) atoms. The van der Waals surface area contributed by atoms with Crippen molar-refractivity contribution in [2.75, 3.05) is 12.4 Å². The molecule has 1 N–H and O–H groups in total. The molecule has 0 saturated carbocycles. The number of hydrogen-bond acceptors (Lipinski definition) is 4. The van der Waals surface area contributed by atoms with Crippen LogP contribution in [0.25, 0.3) is 6.08 Å². The molecule has 0 spiro atoms. The lowest BCUT2D eigenvalue weighted by molar-refractivity contribution is -0.112. The molecule has 0 bridgehead atoms. The first-order valence-corrected chi connectivity index (χ1v) is 8.44. The number of nitriles is 1. The van der Waals surface area contributed by atoms with Gasteiger partial charge in [0.1, 0.15) is 17.5 Å². The van der Waals surface area contributed by atoms with Crippen LogP contribution in [0.1, 0.15) is 19.4 Å². The summed E-state index contributed by atoms with van der Waals surface area (Å²) in [4.78, 5) is 12.3. The highest BCUT2D eigenvalue weighted by Gasteiger charge is 2.15. The van der Waals surface area contributed by atoms with Crippen LogP contribution in [0.4, 0.5) is 10.1 Å². The van der Waals surface area contributed by atoms with E-state index in [2.05, 4.69) is 5.32 Å². The van der Waals surface area contributed by atoms with Gasteiger partial charge >= 0.3 is 0 Å². The van der Waals surface area contributed by atoms with Gasteiger partial charge in [-0.25, -0.2) is 4.39 Å². The van der Waals surface area contributed by atoms with Gasteiger partial charge in [0.05, 0.1) is 18.2 Å². The minimum Gasteiger partial charge on any atom is -0.493 e. The highest BCUT2D eigenvalue weighted by atomic mass is 35.5. The lowest BCUT2D eigenvalue weighted by atomic mass is 10.1. The minimum absolute atomic E-state index is 0.103. The van der Waals surface area contributed by atoms with E-state index >= 15 is 0 Å². The Morgan fingerprint density at radius 2 is 1.96 bits per heavy atom. The van der Waals surface area contributed by atoms with Crippen molar-refractivity contribution in [2.45, 2.75) is 20.0 Å². The topological polar surface area (TPSA) is 71.3 Å². The van der Waals surface area contributed by atoms with Crippen LogP contribution in [0.3, 0.4) is 0 Å². The third kappa shape index (κ3) is 5.47. The van der Waals surface area contributed by atoms with Crippen molar-refractivity contribution in [3.05, 3.63) is 58.4 Å². The smallest absolute Gasteiger partial charge is 0.266 e. The Kier molecular flexibility index (Phi) is 6.80. The summed E-state index contributed by atoms with van der Waals surface area (Å²) in [5.74, 6) is -0.268. The van der Waals surface area contributed by atoms with E-state index in [1.165, 1.54) is 37.5 Å². The van der Waals surface area contributed by atoms with Gasteiger partial charge in [-0.05, 0) is 61.9 Å². The summed E-state index contributed by atoms with van der Waals surface area (Å²) in [5.41, 5.74) is 0.729. The molecule has 0 aliphatic carbocycles. The average molecular weight is 389 g/mol. The zero-order valence-corrected chi connectivity index (χ0v) is 15.8. The van der Waals surface area contributed by atoms with Crippen molar-refractivity contribution >= 4 is 29.3 Å². The largest absolute Gasteiger partial charge is 0.493 e. The van der Waals surface area contributed by atoms with E-state index in [4.69, 9.17) is 21.1 Å². The summed E-state index contributed by atoms with van der Waals surface area (Å²) >= 11 is 6.25. The average Bonchev–Trinajstić information content (AvgIpc) is 2.63. The molecule has 5 nitrogen and oxygen atoms in total. The predicted octanol–water partition coefficient (Wildman–Crippen LogP) is 4.82. The van der Waals surface area contributed by atoms with Gasteiger partial charge in [0.25, 0.3) is 5.91 Å². The molecule has 2 aromatic rings. The lowest BCUT2D eigenvalue weighted by Gasteiger charge is -2.15. The van der Waals surface area contributed by atoms with Crippen LogP contribution in [0, 0.1) is 17.1 Å². The van der Waals surface area contributed by atoms with Gasteiger partial charge in [0, 0.05) is 5.69 Å². The van der Waals surface area contributed by atoms with Gasteiger partial charge in [0.2, 0.25) is 0 Å². The first-order valence-electron chi connectivity index (χ1n) is 8.07. The third-order valence-electron chi connectivity index (χ3n) is 3.38. The van der Waals surface area contributed by atoms with Crippen molar-refractivity contribution in [3.63, 3.8) is 0 Å². The van der Waals surface area contributed by atoms with Crippen LogP contribution >= 0.6 is 11.6 Å². The van der Waals surface area contributed by atoms with Crippen LogP contribution in [-0.2, 0) is 4.79 Å². The van der Waals surface area contributed by atoms with Crippen molar-refractivity contribution < 1.29 is 18.7 Å². The lowest BCUT2D eigenvalue weighted by Crippen LogP contribution is -2.13. The maximum Gasteiger partial charge on any atom is 0.266 e. The standard InChI is InChI=1S/C20H18ClFN2O3/c1-12(2)27-19-17(21)9-13(10-18(19)26-3)8-14(11-23)20(25)24-16-6-4-15(22)5-7-16/h4-10,12H,1-3H3,(H,24,25)/b14-8+. The second-order valence-corrected chi connectivity index (χ2v) is 6.24.